The normalized spacial score (nSPS) is 16.0. The molecule has 0 aliphatic carbocycles. The molecule has 3 heterocycles. The van der Waals surface area contributed by atoms with Crippen LogP contribution >= 0.6 is 0 Å². The van der Waals surface area contributed by atoms with Crippen molar-refractivity contribution >= 4 is 43.6 Å². The van der Waals surface area contributed by atoms with Crippen molar-refractivity contribution in [3.05, 3.63) is 74.0 Å². The molecule has 0 bridgehead atoms. The highest BCUT2D eigenvalue weighted by Gasteiger charge is 2.48. The molecule has 248 valence electrons. The summed E-state index contributed by atoms with van der Waals surface area (Å²) in [6, 6.07) is 11.2. The molecular formula is C36H34N2O10. The number of hydrogen-bond acceptors (Lipinski definition) is 10. The third-order valence-corrected chi connectivity index (χ3v) is 9.32. The standard InChI is InChI=1S/C36H34N2O10/c1-36(2,43)35-27(25-22(48-35)14-18(39)24-30(25)38(3)29-16(32(24)41)9-8-10-19(29)44-4)26-21(46-6)13-17-23(33(26)42)31(40)15-11-12-20(45-5)34(47-7)28(15)37-17/h8-14,27,35,39,42-43H,1-7H3,(H,37,40)/t27-,35+/m0/s1. The Balaban J connectivity index is 1.65. The van der Waals surface area contributed by atoms with Crippen LogP contribution in [0.1, 0.15) is 30.9 Å². The lowest BCUT2D eigenvalue weighted by Crippen LogP contribution is -2.42. The van der Waals surface area contributed by atoms with Gasteiger partial charge in [-0.1, -0.05) is 6.07 Å². The first-order chi connectivity index (χ1) is 22.9. The molecule has 0 saturated carbocycles. The van der Waals surface area contributed by atoms with E-state index in [1.807, 2.05) is 0 Å². The summed E-state index contributed by atoms with van der Waals surface area (Å²) in [5, 5.41) is 35.5. The zero-order valence-corrected chi connectivity index (χ0v) is 27.3. The van der Waals surface area contributed by atoms with Gasteiger partial charge in [0.1, 0.15) is 34.9 Å². The molecule has 0 unspecified atom stereocenters. The smallest absolute Gasteiger partial charge is 0.201 e. The molecule has 2 aromatic heterocycles. The second-order valence-corrected chi connectivity index (χ2v) is 12.4. The van der Waals surface area contributed by atoms with E-state index in [2.05, 4.69) is 4.98 Å². The minimum atomic E-state index is -1.54. The second-order valence-electron chi connectivity index (χ2n) is 12.4. The predicted octanol–water partition coefficient (Wildman–Crippen LogP) is 4.80. The first-order valence-corrected chi connectivity index (χ1v) is 15.1. The van der Waals surface area contributed by atoms with Gasteiger partial charge >= 0.3 is 0 Å². The summed E-state index contributed by atoms with van der Waals surface area (Å²) < 4.78 is 30.6. The number of aromatic hydroxyl groups is 2. The maximum Gasteiger partial charge on any atom is 0.201 e. The zero-order chi connectivity index (χ0) is 34.4. The van der Waals surface area contributed by atoms with Gasteiger partial charge in [-0.15, -0.1) is 0 Å². The van der Waals surface area contributed by atoms with E-state index in [1.54, 1.807) is 61.9 Å². The molecule has 0 spiro atoms. The molecule has 48 heavy (non-hydrogen) atoms. The van der Waals surface area contributed by atoms with Gasteiger partial charge < -0.3 is 48.6 Å². The lowest BCUT2D eigenvalue weighted by molar-refractivity contribution is -0.0300. The number of aromatic amines is 1. The molecule has 6 aromatic rings. The van der Waals surface area contributed by atoms with Gasteiger partial charge in [0.25, 0.3) is 0 Å². The topological polar surface area (TPSA) is 162 Å². The fourth-order valence-electron chi connectivity index (χ4n) is 7.25. The molecule has 0 saturated heterocycles. The molecule has 0 fully saturated rings. The van der Waals surface area contributed by atoms with Gasteiger partial charge in [-0.05, 0) is 38.1 Å². The van der Waals surface area contributed by atoms with E-state index in [0.717, 1.165) is 0 Å². The van der Waals surface area contributed by atoms with Crippen LogP contribution in [0.15, 0.2) is 52.1 Å². The van der Waals surface area contributed by atoms with Crippen molar-refractivity contribution in [3.8, 4) is 40.2 Å². The minimum Gasteiger partial charge on any atom is -0.507 e. The van der Waals surface area contributed by atoms with Crippen LogP contribution in [0.3, 0.4) is 0 Å². The van der Waals surface area contributed by atoms with Crippen molar-refractivity contribution in [2.75, 3.05) is 28.4 Å². The average Bonchev–Trinajstić information content (AvgIpc) is 3.44. The van der Waals surface area contributed by atoms with Crippen molar-refractivity contribution in [3.63, 3.8) is 0 Å². The second kappa shape index (κ2) is 10.7. The van der Waals surface area contributed by atoms with E-state index in [0.29, 0.717) is 44.7 Å². The Bertz CT molecular complexity index is 2460. The molecule has 1 aliphatic rings. The number of phenols is 2. The van der Waals surface area contributed by atoms with Gasteiger partial charge in [-0.25, -0.2) is 0 Å². The third-order valence-electron chi connectivity index (χ3n) is 9.32. The Hall–Kier alpha value is -5.62. The number of rotatable bonds is 6. The number of aryl methyl sites for hydroxylation is 1. The zero-order valence-electron chi connectivity index (χ0n) is 27.3. The van der Waals surface area contributed by atoms with Gasteiger partial charge in [-0.3, -0.25) is 9.59 Å². The highest BCUT2D eigenvalue weighted by molar-refractivity contribution is 6.03. The summed E-state index contributed by atoms with van der Waals surface area (Å²) in [6.45, 7) is 3.11. The van der Waals surface area contributed by atoms with E-state index in [9.17, 15) is 24.9 Å². The van der Waals surface area contributed by atoms with E-state index in [-0.39, 0.29) is 44.5 Å². The highest BCUT2D eigenvalue weighted by Crippen LogP contribution is 2.55. The fraction of sp³-hybridized carbons (Fsp3) is 0.278. The lowest BCUT2D eigenvalue weighted by atomic mass is 9.79. The van der Waals surface area contributed by atoms with Crippen LogP contribution in [0, 0.1) is 0 Å². The molecule has 1 aliphatic heterocycles. The molecule has 4 N–H and O–H groups in total. The van der Waals surface area contributed by atoms with Gasteiger partial charge in [0.05, 0.1) is 83.6 Å². The molecule has 0 radical (unpaired) electrons. The molecule has 2 atom stereocenters. The van der Waals surface area contributed by atoms with E-state index < -0.39 is 34.2 Å². The maximum absolute atomic E-state index is 14.1. The number of nitrogens with one attached hydrogen (secondary N) is 1. The average molecular weight is 655 g/mol. The number of pyridine rings is 2. The van der Waals surface area contributed by atoms with Gasteiger partial charge in [-0.2, -0.15) is 0 Å². The number of aromatic nitrogens is 2. The first kappa shape index (κ1) is 31.0. The third kappa shape index (κ3) is 4.11. The van der Waals surface area contributed by atoms with Crippen LogP contribution in [-0.2, 0) is 7.05 Å². The van der Waals surface area contributed by atoms with Gasteiger partial charge in [0, 0.05) is 30.3 Å². The Morgan fingerprint density at radius 2 is 1.50 bits per heavy atom. The summed E-state index contributed by atoms with van der Waals surface area (Å²) in [5.41, 5.74) is -0.513. The van der Waals surface area contributed by atoms with Crippen LogP contribution in [0.4, 0.5) is 0 Å². The first-order valence-electron chi connectivity index (χ1n) is 15.1. The Morgan fingerprint density at radius 3 is 2.15 bits per heavy atom. The van der Waals surface area contributed by atoms with E-state index in [4.69, 9.17) is 23.7 Å². The highest BCUT2D eigenvalue weighted by atomic mass is 16.5. The SMILES string of the molecule is COc1cc2[nH]c3c(OC)c(OC)ccc3c(=O)c2c(O)c1[C@@H]1c2c(cc(O)c3c(=O)c4cccc(OC)c4n(C)c23)O[C@H]1C(C)(C)O. The van der Waals surface area contributed by atoms with Gasteiger partial charge in [0.15, 0.2) is 11.5 Å². The summed E-state index contributed by atoms with van der Waals surface area (Å²) >= 11 is 0. The van der Waals surface area contributed by atoms with Crippen molar-refractivity contribution < 1.29 is 39.0 Å². The van der Waals surface area contributed by atoms with Crippen molar-refractivity contribution in [1.82, 2.24) is 9.55 Å². The van der Waals surface area contributed by atoms with E-state index >= 15 is 0 Å². The Kier molecular flexibility index (Phi) is 6.92. The van der Waals surface area contributed by atoms with Crippen LogP contribution < -0.4 is 34.5 Å². The molecule has 12 heteroatoms. The summed E-state index contributed by atoms with van der Waals surface area (Å²) in [7, 11) is 7.60. The van der Waals surface area contributed by atoms with Crippen LogP contribution in [0.5, 0.6) is 40.2 Å². The number of fused-ring (bicyclic) bond motifs is 6. The summed E-state index contributed by atoms with van der Waals surface area (Å²) in [6.07, 6.45) is -1.07. The predicted molar refractivity (Wildman–Crippen MR) is 181 cm³/mol. The number of benzene rings is 4. The number of aliphatic hydroxyl groups is 1. The lowest BCUT2D eigenvalue weighted by Gasteiger charge is -2.31. The monoisotopic (exact) mass is 654 g/mol. The van der Waals surface area contributed by atoms with Crippen LogP contribution in [-0.4, -0.2) is 65.0 Å². The van der Waals surface area contributed by atoms with Gasteiger partial charge in [0.2, 0.25) is 10.9 Å². The van der Waals surface area contributed by atoms with Crippen molar-refractivity contribution in [2.45, 2.75) is 31.5 Å². The number of hydrogen-bond donors (Lipinski definition) is 4. The quantitative estimate of drug-likeness (QED) is 0.184. The number of methoxy groups -OCH3 is 4. The number of nitrogens with zero attached hydrogens (tertiary/aromatic N) is 1. The van der Waals surface area contributed by atoms with E-state index in [1.165, 1.54) is 34.5 Å². The Morgan fingerprint density at radius 1 is 0.812 bits per heavy atom. The van der Waals surface area contributed by atoms with Crippen molar-refractivity contribution in [1.29, 1.82) is 0 Å². The number of H-pyrrole nitrogens is 1. The number of para-hydroxylation sites is 1. The summed E-state index contributed by atoms with van der Waals surface area (Å²) in [5.74, 6) is -0.201. The maximum atomic E-state index is 14.1. The minimum absolute atomic E-state index is 0.0196. The largest absolute Gasteiger partial charge is 0.507 e. The summed E-state index contributed by atoms with van der Waals surface area (Å²) in [4.78, 5) is 31.4. The molecule has 7 rings (SSSR count). The number of phenolic OH excluding ortho intramolecular Hbond substituents is 2. The molecule has 0 amide bonds. The Labute approximate surface area is 273 Å². The molecular weight excluding hydrogens is 620 g/mol. The fourth-order valence-corrected chi connectivity index (χ4v) is 7.25. The van der Waals surface area contributed by atoms with Crippen molar-refractivity contribution in [2.24, 2.45) is 7.05 Å². The van der Waals surface area contributed by atoms with Crippen LogP contribution in [0.25, 0.3) is 43.6 Å². The molecule has 12 nitrogen and oxygen atoms in total. The van der Waals surface area contributed by atoms with Crippen LogP contribution in [0.2, 0.25) is 0 Å². The molecule has 4 aromatic carbocycles. The number of ether oxygens (including phenoxy) is 5.